The van der Waals surface area contributed by atoms with Gasteiger partial charge >= 0.3 is 0 Å². The van der Waals surface area contributed by atoms with Gasteiger partial charge in [-0.25, -0.2) is 0 Å². The van der Waals surface area contributed by atoms with Gasteiger partial charge in [0.2, 0.25) is 11.8 Å². The van der Waals surface area contributed by atoms with Crippen LogP contribution < -0.4 is 15.7 Å². The summed E-state index contributed by atoms with van der Waals surface area (Å²) in [6.07, 6.45) is 0. The van der Waals surface area contributed by atoms with Crippen molar-refractivity contribution in [3.8, 4) is 11.5 Å². The number of quaternary nitrogens is 1. The minimum Gasteiger partial charge on any atom is -0.544 e. The number of hydrogen-bond acceptors (Lipinski definition) is 6. The van der Waals surface area contributed by atoms with Crippen LogP contribution in [0.3, 0.4) is 0 Å². The van der Waals surface area contributed by atoms with Crippen molar-refractivity contribution in [1.82, 2.24) is 5.32 Å². The quantitative estimate of drug-likeness (QED) is 0.432. The lowest BCUT2D eigenvalue weighted by Crippen LogP contribution is -2.98. The molecule has 0 aliphatic carbocycles. The average Bonchev–Trinajstić information content (AvgIpc) is 2.88. The second-order valence-electron chi connectivity index (χ2n) is 5.86. The number of carbonyl (C=O) groups excluding carboxylic acids is 3. The second-order valence-corrected chi connectivity index (χ2v) is 5.86. The summed E-state index contributed by atoms with van der Waals surface area (Å²) in [6, 6.07) is 3.06. The standard InChI is InChI=1S/C14H14N2O6/c1-14(13(21)22)9-8(11(19)15-12(9)20)10(16-14)6-3-2-5(17)4-7(6)18/h2-4,8-10,16-18H,1H3,(H,21,22)(H,15,19,20)/t8-,9-,10-,14+/m0/s1. The van der Waals surface area contributed by atoms with E-state index < -0.39 is 41.2 Å². The normalized spacial score (nSPS) is 33.6. The highest BCUT2D eigenvalue weighted by Crippen LogP contribution is 2.43. The molecule has 1 aromatic rings. The van der Waals surface area contributed by atoms with Gasteiger partial charge in [-0.2, -0.15) is 0 Å². The molecule has 2 fully saturated rings. The van der Waals surface area contributed by atoms with E-state index in [2.05, 4.69) is 5.32 Å². The van der Waals surface area contributed by atoms with Crippen LogP contribution in [0.1, 0.15) is 18.5 Å². The monoisotopic (exact) mass is 306 g/mol. The van der Waals surface area contributed by atoms with Crippen molar-refractivity contribution >= 4 is 17.8 Å². The minimum absolute atomic E-state index is 0.162. The Labute approximate surface area is 124 Å². The Morgan fingerprint density at radius 3 is 2.59 bits per heavy atom. The fourth-order valence-corrected chi connectivity index (χ4v) is 3.49. The number of benzene rings is 1. The van der Waals surface area contributed by atoms with E-state index in [9.17, 15) is 29.7 Å². The molecule has 5 N–H and O–H groups in total. The van der Waals surface area contributed by atoms with Crippen LogP contribution in [0.4, 0.5) is 0 Å². The van der Waals surface area contributed by atoms with Gasteiger partial charge in [-0.05, 0) is 19.1 Å². The number of fused-ring (bicyclic) bond motifs is 1. The van der Waals surface area contributed by atoms with Gasteiger partial charge in [0.15, 0.2) is 0 Å². The third-order valence-corrected chi connectivity index (χ3v) is 4.56. The summed E-state index contributed by atoms with van der Waals surface area (Å²) in [5.41, 5.74) is -1.33. The number of nitrogens with two attached hydrogens (primary N) is 1. The maximum atomic E-state index is 12.0. The lowest BCUT2D eigenvalue weighted by atomic mass is 9.80. The van der Waals surface area contributed by atoms with E-state index in [-0.39, 0.29) is 17.1 Å². The molecule has 2 saturated heterocycles. The maximum absolute atomic E-state index is 12.0. The zero-order valence-electron chi connectivity index (χ0n) is 11.6. The van der Waals surface area contributed by atoms with Crippen LogP contribution >= 0.6 is 0 Å². The van der Waals surface area contributed by atoms with E-state index in [4.69, 9.17) is 0 Å². The first-order valence-electron chi connectivity index (χ1n) is 6.70. The van der Waals surface area contributed by atoms with Gasteiger partial charge in [-0.1, -0.05) is 0 Å². The third-order valence-electron chi connectivity index (χ3n) is 4.56. The highest BCUT2D eigenvalue weighted by atomic mass is 16.4. The number of phenolic OH excluding ortho intramolecular Hbond substituents is 2. The van der Waals surface area contributed by atoms with Crippen molar-refractivity contribution in [2.45, 2.75) is 18.5 Å². The van der Waals surface area contributed by atoms with Crippen molar-refractivity contribution in [3.05, 3.63) is 23.8 Å². The summed E-state index contributed by atoms with van der Waals surface area (Å²) in [6.45, 7) is 1.33. The van der Waals surface area contributed by atoms with Gasteiger partial charge in [-0.15, -0.1) is 0 Å². The number of aliphatic carboxylic acids is 1. The highest BCUT2D eigenvalue weighted by Gasteiger charge is 2.65. The molecule has 4 atom stereocenters. The number of aromatic hydroxyl groups is 2. The number of nitrogens with one attached hydrogen (secondary N) is 1. The Morgan fingerprint density at radius 1 is 1.32 bits per heavy atom. The Morgan fingerprint density at radius 2 is 2.00 bits per heavy atom. The van der Waals surface area contributed by atoms with Crippen LogP contribution in [0, 0.1) is 11.8 Å². The van der Waals surface area contributed by atoms with Gasteiger partial charge in [0.1, 0.15) is 40.9 Å². The molecule has 3 rings (SSSR count). The first-order valence-corrected chi connectivity index (χ1v) is 6.70. The molecular weight excluding hydrogens is 292 g/mol. The SMILES string of the molecule is C[C@@]1(C(=O)[O-])[NH2+][C@@H](c2ccc(O)cc2O)[C@H]2C(=O)NC(=O)[C@H]21. The topological polar surface area (TPSA) is 143 Å². The minimum atomic E-state index is -1.62. The van der Waals surface area contributed by atoms with E-state index in [0.717, 1.165) is 6.07 Å². The highest BCUT2D eigenvalue weighted by molar-refractivity contribution is 6.08. The molecule has 8 nitrogen and oxygen atoms in total. The molecule has 8 heteroatoms. The molecule has 2 amide bonds. The Balaban J connectivity index is 2.11. The molecule has 0 aromatic heterocycles. The molecule has 22 heavy (non-hydrogen) atoms. The van der Waals surface area contributed by atoms with E-state index in [0.29, 0.717) is 0 Å². The Kier molecular flexibility index (Phi) is 2.89. The number of amides is 2. The Bertz CT molecular complexity index is 703. The molecule has 116 valence electrons. The number of phenols is 2. The summed E-state index contributed by atoms with van der Waals surface area (Å²) in [5, 5.41) is 34.3. The third kappa shape index (κ3) is 1.77. The summed E-state index contributed by atoms with van der Waals surface area (Å²) >= 11 is 0. The van der Waals surface area contributed by atoms with Crippen LogP contribution in [-0.2, 0) is 14.4 Å². The number of carbonyl (C=O) groups is 3. The van der Waals surface area contributed by atoms with Crippen molar-refractivity contribution < 1.29 is 35.0 Å². The fraction of sp³-hybridized carbons (Fsp3) is 0.357. The molecule has 0 unspecified atom stereocenters. The number of carboxylic acid groups (broad SMARTS) is 1. The molecule has 2 aliphatic rings. The molecule has 0 spiro atoms. The average molecular weight is 306 g/mol. The molecule has 0 saturated carbocycles. The first kappa shape index (κ1) is 14.3. The van der Waals surface area contributed by atoms with Gasteiger partial charge < -0.3 is 25.4 Å². The van der Waals surface area contributed by atoms with Crippen LogP contribution in [0.15, 0.2) is 18.2 Å². The fourth-order valence-electron chi connectivity index (χ4n) is 3.49. The first-order chi connectivity index (χ1) is 10.3. The number of hydrogen-bond donors (Lipinski definition) is 4. The lowest BCUT2D eigenvalue weighted by molar-refractivity contribution is -0.735. The van der Waals surface area contributed by atoms with Gasteiger partial charge in [0, 0.05) is 6.07 Å². The number of carboxylic acids is 1. The molecule has 0 bridgehead atoms. The van der Waals surface area contributed by atoms with Gasteiger partial charge in [0.25, 0.3) is 0 Å². The predicted octanol–water partition coefficient (Wildman–Crippen LogP) is -2.89. The molecule has 2 heterocycles. The number of rotatable bonds is 2. The van der Waals surface area contributed by atoms with Crippen molar-refractivity contribution in [3.63, 3.8) is 0 Å². The van der Waals surface area contributed by atoms with Crippen LogP contribution in [0.5, 0.6) is 11.5 Å². The van der Waals surface area contributed by atoms with Crippen molar-refractivity contribution in [2.24, 2.45) is 11.8 Å². The number of imide groups is 1. The van der Waals surface area contributed by atoms with E-state index in [1.807, 2.05) is 0 Å². The van der Waals surface area contributed by atoms with E-state index >= 15 is 0 Å². The largest absolute Gasteiger partial charge is 0.544 e. The van der Waals surface area contributed by atoms with Crippen molar-refractivity contribution in [1.29, 1.82) is 0 Å². The predicted molar refractivity (Wildman–Crippen MR) is 68.0 cm³/mol. The second kappa shape index (κ2) is 4.44. The zero-order chi connectivity index (χ0) is 16.2. The summed E-state index contributed by atoms with van der Waals surface area (Å²) < 4.78 is 0. The van der Waals surface area contributed by atoms with Gasteiger partial charge in [0.05, 0.1) is 5.56 Å². The van der Waals surface area contributed by atoms with E-state index in [1.54, 1.807) is 0 Å². The van der Waals surface area contributed by atoms with Crippen LogP contribution in [0.25, 0.3) is 0 Å². The van der Waals surface area contributed by atoms with Crippen LogP contribution in [0.2, 0.25) is 0 Å². The van der Waals surface area contributed by atoms with Crippen molar-refractivity contribution in [2.75, 3.05) is 0 Å². The smallest absolute Gasteiger partial charge is 0.237 e. The van der Waals surface area contributed by atoms with E-state index in [1.165, 1.54) is 24.4 Å². The maximum Gasteiger partial charge on any atom is 0.237 e. The summed E-state index contributed by atoms with van der Waals surface area (Å²) in [4.78, 5) is 35.5. The molecular formula is C14H14N2O6. The van der Waals surface area contributed by atoms with Gasteiger partial charge in [-0.3, -0.25) is 14.9 Å². The Hall–Kier alpha value is -2.61. The summed E-state index contributed by atoms with van der Waals surface area (Å²) in [5.74, 6) is -5.12. The van der Waals surface area contributed by atoms with Crippen LogP contribution in [-0.4, -0.2) is 33.5 Å². The zero-order valence-corrected chi connectivity index (χ0v) is 11.6. The molecule has 0 radical (unpaired) electrons. The molecule has 1 aromatic carbocycles. The molecule has 2 aliphatic heterocycles. The lowest BCUT2D eigenvalue weighted by Gasteiger charge is -2.27. The summed E-state index contributed by atoms with van der Waals surface area (Å²) in [7, 11) is 0.